The van der Waals surface area contributed by atoms with Crippen LogP contribution in [0.15, 0.2) is 42.6 Å². The predicted octanol–water partition coefficient (Wildman–Crippen LogP) is 5.03. The fourth-order valence-corrected chi connectivity index (χ4v) is 2.15. The first-order chi connectivity index (χ1) is 9.08. The smallest absolute Gasteiger partial charge is 0.152 e. The van der Waals surface area contributed by atoms with E-state index < -0.39 is 0 Å². The number of benzene rings is 1. The second kappa shape index (κ2) is 6.07. The van der Waals surface area contributed by atoms with Crippen LogP contribution in [-0.2, 0) is 0 Å². The maximum absolute atomic E-state index is 6.05. The molecule has 0 aliphatic carbocycles. The first-order valence-electron chi connectivity index (χ1n) is 6.55. The molecule has 3 heteroatoms. The molecule has 2 aromatic rings. The third-order valence-corrected chi connectivity index (χ3v) is 3.54. The van der Waals surface area contributed by atoms with Crippen LogP contribution in [-0.4, -0.2) is 4.98 Å². The molecule has 0 aliphatic rings. The van der Waals surface area contributed by atoms with Crippen molar-refractivity contribution in [2.24, 2.45) is 0 Å². The van der Waals surface area contributed by atoms with Crippen LogP contribution in [0, 0.1) is 0 Å². The molecular weight excluding hydrogens is 256 g/mol. The zero-order valence-electron chi connectivity index (χ0n) is 11.5. The molecule has 1 heterocycles. The molecule has 1 atom stereocenters. The summed E-state index contributed by atoms with van der Waals surface area (Å²) in [5.74, 6) is 0.560. The molecule has 1 aromatic heterocycles. The molecule has 1 aromatic carbocycles. The van der Waals surface area contributed by atoms with Gasteiger partial charge in [-0.25, -0.2) is 4.98 Å². The van der Waals surface area contributed by atoms with E-state index in [4.69, 9.17) is 11.6 Å². The summed E-state index contributed by atoms with van der Waals surface area (Å²) >= 11 is 6.05. The van der Waals surface area contributed by atoms with Gasteiger partial charge in [-0.15, -0.1) is 0 Å². The monoisotopic (exact) mass is 274 g/mol. The lowest BCUT2D eigenvalue weighted by molar-refractivity contribution is 0.851. The van der Waals surface area contributed by atoms with E-state index in [9.17, 15) is 0 Å². The summed E-state index contributed by atoms with van der Waals surface area (Å²) in [7, 11) is 0. The highest BCUT2D eigenvalue weighted by Crippen LogP contribution is 2.25. The Morgan fingerprint density at radius 3 is 2.21 bits per heavy atom. The van der Waals surface area contributed by atoms with Gasteiger partial charge in [-0.3, -0.25) is 0 Å². The largest absolute Gasteiger partial charge is 0.376 e. The van der Waals surface area contributed by atoms with Crippen molar-refractivity contribution in [3.8, 4) is 0 Å². The van der Waals surface area contributed by atoms with Crippen LogP contribution >= 0.6 is 11.6 Å². The highest BCUT2D eigenvalue weighted by atomic mass is 35.5. The Bertz CT molecular complexity index is 535. The lowest BCUT2D eigenvalue weighted by atomic mass is 9.99. The zero-order chi connectivity index (χ0) is 13.8. The summed E-state index contributed by atoms with van der Waals surface area (Å²) in [6.07, 6.45) is 1.69. The van der Waals surface area contributed by atoms with E-state index >= 15 is 0 Å². The number of halogens is 1. The van der Waals surface area contributed by atoms with Crippen LogP contribution in [0.4, 0.5) is 5.69 Å². The molecule has 0 fully saturated rings. The Kier molecular flexibility index (Phi) is 4.43. The normalized spacial score (nSPS) is 12.5. The van der Waals surface area contributed by atoms with Gasteiger partial charge >= 0.3 is 0 Å². The van der Waals surface area contributed by atoms with Crippen molar-refractivity contribution < 1.29 is 0 Å². The maximum Gasteiger partial charge on any atom is 0.152 e. The SMILES string of the molecule is CC(C)c1ccc(C(C)Nc2cccnc2Cl)cc1. The van der Waals surface area contributed by atoms with Crippen molar-refractivity contribution in [1.82, 2.24) is 4.98 Å². The Balaban J connectivity index is 2.12. The van der Waals surface area contributed by atoms with Gasteiger partial charge in [-0.2, -0.15) is 0 Å². The molecular formula is C16H19ClN2. The van der Waals surface area contributed by atoms with Gasteiger partial charge in [0.2, 0.25) is 0 Å². The number of aromatic nitrogens is 1. The lowest BCUT2D eigenvalue weighted by Crippen LogP contribution is -2.07. The van der Waals surface area contributed by atoms with Crippen LogP contribution < -0.4 is 5.32 Å². The fourth-order valence-electron chi connectivity index (χ4n) is 1.98. The van der Waals surface area contributed by atoms with E-state index in [-0.39, 0.29) is 6.04 Å². The lowest BCUT2D eigenvalue weighted by Gasteiger charge is -2.17. The molecule has 0 bridgehead atoms. The fraction of sp³-hybridized carbons (Fsp3) is 0.312. The number of hydrogen-bond donors (Lipinski definition) is 1. The molecule has 2 rings (SSSR count). The summed E-state index contributed by atoms with van der Waals surface area (Å²) in [4.78, 5) is 4.07. The first kappa shape index (κ1) is 13.9. The zero-order valence-corrected chi connectivity index (χ0v) is 12.3. The van der Waals surface area contributed by atoms with Gasteiger partial charge in [-0.05, 0) is 36.1 Å². The minimum Gasteiger partial charge on any atom is -0.376 e. The molecule has 1 N–H and O–H groups in total. The maximum atomic E-state index is 6.05. The standard InChI is InChI=1S/C16H19ClN2/c1-11(2)13-6-8-14(9-7-13)12(3)19-15-5-4-10-18-16(15)17/h4-12,19H,1-3H3. The molecule has 0 saturated carbocycles. The van der Waals surface area contributed by atoms with Gasteiger partial charge < -0.3 is 5.32 Å². The Hall–Kier alpha value is -1.54. The summed E-state index contributed by atoms with van der Waals surface area (Å²) in [6, 6.07) is 12.7. The second-order valence-electron chi connectivity index (χ2n) is 5.03. The number of nitrogens with one attached hydrogen (secondary N) is 1. The topological polar surface area (TPSA) is 24.9 Å². The van der Waals surface area contributed by atoms with Gasteiger partial charge in [0.1, 0.15) is 0 Å². The molecule has 0 saturated heterocycles. The third kappa shape index (κ3) is 3.48. The summed E-state index contributed by atoms with van der Waals surface area (Å²) in [6.45, 7) is 6.52. The Morgan fingerprint density at radius 1 is 1.00 bits per heavy atom. The summed E-state index contributed by atoms with van der Waals surface area (Å²) < 4.78 is 0. The number of nitrogens with zero attached hydrogens (tertiary/aromatic N) is 1. The van der Waals surface area contributed by atoms with Crippen molar-refractivity contribution in [1.29, 1.82) is 0 Å². The van der Waals surface area contributed by atoms with Gasteiger partial charge in [0.25, 0.3) is 0 Å². The van der Waals surface area contributed by atoms with E-state index in [1.54, 1.807) is 6.20 Å². The van der Waals surface area contributed by atoms with Crippen molar-refractivity contribution in [3.63, 3.8) is 0 Å². The molecule has 19 heavy (non-hydrogen) atoms. The van der Waals surface area contributed by atoms with Crippen LogP contribution in [0.25, 0.3) is 0 Å². The van der Waals surface area contributed by atoms with Crippen molar-refractivity contribution in [2.75, 3.05) is 5.32 Å². The van der Waals surface area contributed by atoms with Gasteiger partial charge in [0, 0.05) is 12.2 Å². The van der Waals surface area contributed by atoms with Crippen molar-refractivity contribution in [2.45, 2.75) is 32.7 Å². The number of hydrogen-bond acceptors (Lipinski definition) is 2. The minimum absolute atomic E-state index is 0.197. The van der Waals surface area contributed by atoms with Crippen molar-refractivity contribution >= 4 is 17.3 Å². The molecule has 0 amide bonds. The van der Waals surface area contributed by atoms with Gasteiger partial charge in [0.05, 0.1) is 5.69 Å². The highest BCUT2D eigenvalue weighted by Gasteiger charge is 2.08. The van der Waals surface area contributed by atoms with Crippen LogP contribution in [0.5, 0.6) is 0 Å². The van der Waals surface area contributed by atoms with Gasteiger partial charge in [0.15, 0.2) is 5.15 Å². The molecule has 0 radical (unpaired) electrons. The van der Waals surface area contributed by atoms with E-state index in [0.29, 0.717) is 11.1 Å². The predicted molar refractivity (Wildman–Crippen MR) is 81.8 cm³/mol. The van der Waals surface area contributed by atoms with E-state index in [2.05, 4.69) is 55.3 Å². The highest BCUT2D eigenvalue weighted by molar-refractivity contribution is 6.31. The van der Waals surface area contributed by atoms with E-state index in [0.717, 1.165) is 5.69 Å². The van der Waals surface area contributed by atoms with Crippen LogP contribution in [0.1, 0.15) is 43.9 Å². The Labute approximate surface area is 119 Å². The molecule has 2 nitrogen and oxygen atoms in total. The first-order valence-corrected chi connectivity index (χ1v) is 6.92. The average molecular weight is 275 g/mol. The minimum atomic E-state index is 0.197. The van der Waals surface area contributed by atoms with Crippen LogP contribution in [0.2, 0.25) is 5.15 Å². The Morgan fingerprint density at radius 2 is 1.63 bits per heavy atom. The van der Waals surface area contributed by atoms with Crippen molar-refractivity contribution in [3.05, 3.63) is 58.9 Å². The second-order valence-corrected chi connectivity index (χ2v) is 5.39. The number of rotatable bonds is 4. The molecule has 100 valence electrons. The summed E-state index contributed by atoms with van der Waals surface area (Å²) in [5.41, 5.74) is 3.46. The average Bonchev–Trinajstić information content (AvgIpc) is 2.41. The molecule has 0 aliphatic heterocycles. The molecule has 1 unspecified atom stereocenters. The number of pyridine rings is 1. The quantitative estimate of drug-likeness (QED) is 0.791. The number of anilines is 1. The third-order valence-electron chi connectivity index (χ3n) is 3.23. The molecule has 0 spiro atoms. The van der Waals surface area contributed by atoms with E-state index in [1.807, 2.05) is 12.1 Å². The summed E-state index contributed by atoms with van der Waals surface area (Å²) in [5, 5.41) is 3.89. The van der Waals surface area contributed by atoms with E-state index in [1.165, 1.54) is 11.1 Å². The van der Waals surface area contributed by atoms with Crippen LogP contribution in [0.3, 0.4) is 0 Å². The van der Waals surface area contributed by atoms with Gasteiger partial charge in [-0.1, -0.05) is 49.7 Å².